The van der Waals surface area contributed by atoms with Crippen LogP contribution in [0.15, 0.2) is 211 Å². The normalized spacial score (nSPS) is 13.1. The van der Waals surface area contributed by atoms with E-state index >= 15 is 0 Å². The average Bonchev–Trinajstić information content (AvgIpc) is 4.11. The molecule has 0 unspecified atom stereocenters. The van der Waals surface area contributed by atoms with Crippen LogP contribution in [0.3, 0.4) is 0 Å². The molecule has 0 N–H and O–H groups in total. The summed E-state index contributed by atoms with van der Waals surface area (Å²) in [5.74, 6) is -3.42. The number of ether oxygens (including phenoxy) is 2. The van der Waals surface area contributed by atoms with Gasteiger partial charge in [0, 0.05) is 8.41 Å². The number of carbonyl (C=O) groups is 2. The minimum atomic E-state index is -3.92. The van der Waals surface area contributed by atoms with Gasteiger partial charge in [-0.05, 0) is 124 Å². The van der Waals surface area contributed by atoms with Gasteiger partial charge in [-0.1, -0.05) is 117 Å². The number of alkyl halides is 4. The van der Waals surface area contributed by atoms with Crippen LogP contribution in [0.1, 0.15) is 58.8 Å². The van der Waals surface area contributed by atoms with Crippen LogP contribution in [-0.2, 0) is 59.6 Å². The summed E-state index contributed by atoms with van der Waals surface area (Å²) in [6.07, 6.45) is 4.86. The molecule has 0 bridgehead atoms. The zero-order valence-corrected chi connectivity index (χ0v) is 44.3. The van der Waals surface area contributed by atoms with Crippen LogP contribution in [0.5, 0.6) is 0 Å². The quantitative estimate of drug-likeness (QED) is 0.0224. The number of carbonyl (C=O) groups excluding carboxylic acids is 2. The van der Waals surface area contributed by atoms with Gasteiger partial charge in [0.1, 0.15) is 36.3 Å². The summed E-state index contributed by atoms with van der Waals surface area (Å²) in [5.41, 5.74) is 0. The maximum Gasteiger partial charge on any atom is 1.00 e. The molecular formula is C51H52BClF4NaO10S4. The van der Waals surface area contributed by atoms with Crippen LogP contribution in [0.2, 0.25) is 0 Å². The Morgan fingerprint density at radius 3 is 0.819 bits per heavy atom. The summed E-state index contributed by atoms with van der Waals surface area (Å²) in [4.78, 5) is 30.0. The predicted molar refractivity (Wildman–Crippen MR) is 262 cm³/mol. The Balaban J connectivity index is 0.000000475. The Hall–Kier alpha value is -3.51. The van der Waals surface area contributed by atoms with E-state index in [1.54, 1.807) is 0 Å². The van der Waals surface area contributed by atoms with Crippen LogP contribution in [-0.4, -0.2) is 43.1 Å². The molecule has 0 heterocycles. The van der Waals surface area contributed by atoms with Crippen LogP contribution >= 0.6 is 24.1 Å². The first-order chi connectivity index (χ1) is 33.0. The number of hydrogen-bond acceptors (Lipinski definition) is 12. The molecule has 72 heavy (non-hydrogen) atoms. The number of esters is 2. The summed E-state index contributed by atoms with van der Waals surface area (Å²) in [6.45, 7) is 0. The smallest absolute Gasteiger partial charge is 1.00 e. The van der Waals surface area contributed by atoms with Gasteiger partial charge in [0.15, 0.2) is 29.4 Å². The summed E-state index contributed by atoms with van der Waals surface area (Å²) in [7, 11) is -0.0293. The molecule has 0 spiro atoms. The molecule has 2 aliphatic rings. The summed E-state index contributed by atoms with van der Waals surface area (Å²) in [6, 6.07) is 64.3. The van der Waals surface area contributed by atoms with E-state index in [4.69, 9.17) is 0 Å². The van der Waals surface area contributed by atoms with Crippen LogP contribution < -0.4 is 52.5 Å². The Bertz CT molecular complexity index is 1980. The predicted octanol–water partition coefficient (Wildman–Crippen LogP) is 5.70. The molecule has 2 saturated carbocycles. The first kappa shape index (κ1) is 66.5. The maximum atomic E-state index is 12.8. The molecule has 2 fully saturated rings. The first-order valence-electron chi connectivity index (χ1n) is 21.3. The fourth-order valence-electron chi connectivity index (χ4n) is 6.79. The van der Waals surface area contributed by atoms with E-state index in [-0.39, 0.29) is 79.6 Å². The third-order valence-corrected chi connectivity index (χ3v) is 15.3. The van der Waals surface area contributed by atoms with Crippen molar-refractivity contribution >= 4 is 66.2 Å². The van der Waals surface area contributed by atoms with Crippen molar-refractivity contribution in [1.82, 2.24) is 0 Å². The SMILES string of the molecule is C.O=C(OC1CCCC1)C(F)(F)SOO[O-].O=C(OC1CCCC1)C(F)(F)SOO[O-].[B].[Cl-].[Na+].c1ccc([S+](c2ccccc2)c2ccccc2)cc1.c1ccc([S+](c2ccccc2)c2ccccc2)cc1. The molecule has 0 aliphatic heterocycles. The molecule has 6 aromatic rings. The minimum absolute atomic E-state index is 0. The van der Waals surface area contributed by atoms with Gasteiger partial charge in [-0.2, -0.15) is 26.2 Å². The van der Waals surface area contributed by atoms with Crippen molar-refractivity contribution in [3.63, 3.8) is 0 Å². The molecule has 6 aromatic carbocycles. The van der Waals surface area contributed by atoms with Crippen LogP contribution in [0, 0.1) is 0 Å². The fourth-order valence-corrected chi connectivity index (χ4v) is 11.5. The van der Waals surface area contributed by atoms with Gasteiger partial charge in [0.25, 0.3) is 0 Å². The van der Waals surface area contributed by atoms with Gasteiger partial charge in [0.2, 0.25) is 0 Å². The second-order valence-corrected chi connectivity index (χ2v) is 20.3. The average molecular weight is 1100 g/mol. The molecule has 10 nitrogen and oxygen atoms in total. The van der Waals surface area contributed by atoms with Crippen molar-refractivity contribution in [2.75, 3.05) is 0 Å². The Morgan fingerprint density at radius 2 is 0.639 bits per heavy atom. The molecule has 2 aliphatic carbocycles. The molecule has 0 amide bonds. The van der Waals surface area contributed by atoms with Crippen LogP contribution in [0.25, 0.3) is 0 Å². The van der Waals surface area contributed by atoms with Gasteiger partial charge >= 0.3 is 52.0 Å². The van der Waals surface area contributed by atoms with Gasteiger partial charge in [-0.3, -0.25) is 10.1 Å². The number of hydrogen-bond donors (Lipinski definition) is 0. The van der Waals surface area contributed by atoms with Gasteiger partial charge in [-0.15, -0.1) is 0 Å². The second kappa shape index (κ2) is 36.4. The van der Waals surface area contributed by atoms with E-state index in [1.807, 2.05) is 0 Å². The van der Waals surface area contributed by atoms with E-state index in [2.05, 4.69) is 210 Å². The van der Waals surface area contributed by atoms with Crippen LogP contribution in [0.4, 0.5) is 17.6 Å². The van der Waals surface area contributed by atoms with Gasteiger partial charge < -0.3 is 32.4 Å². The van der Waals surface area contributed by atoms with Crippen molar-refractivity contribution in [2.24, 2.45) is 0 Å². The van der Waals surface area contributed by atoms with E-state index in [0.717, 1.165) is 25.7 Å². The van der Waals surface area contributed by atoms with Crippen molar-refractivity contribution in [1.29, 1.82) is 0 Å². The topological polar surface area (TPSA) is 136 Å². The second-order valence-electron chi connectivity index (χ2n) is 14.6. The molecule has 0 atom stereocenters. The number of rotatable bonds is 16. The number of halogens is 5. The molecule has 379 valence electrons. The zero-order valence-electron chi connectivity index (χ0n) is 38.3. The van der Waals surface area contributed by atoms with Crippen molar-refractivity contribution in [3.05, 3.63) is 182 Å². The largest absolute Gasteiger partial charge is 1.00 e. The van der Waals surface area contributed by atoms with Crippen molar-refractivity contribution < 1.29 is 108 Å². The summed E-state index contributed by atoms with van der Waals surface area (Å²) < 4.78 is 67.0. The maximum absolute atomic E-state index is 12.8. The van der Waals surface area contributed by atoms with E-state index in [0.29, 0.717) is 25.7 Å². The summed E-state index contributed by atoms with van der Waals surface area (Å²) >= 11 is -1.34. The Morgan fingerprint density at radius 1 is 0.444 bits per heavy atom. The van der Waals surface area contributed by atoms with Crippen molar-refractivity contribution in [3.8, 4) is 0 Å². The fraction of sp³-hybridized carbons (Fsp3) is 0.255. The Kier molecular flexibility index (Phi) is 33.7. The van der Waals surface area contributed by atoms with E-state index in [1.165, 1.54) is 29.4 Å². The zero-order chi connectivity index (χ0) is 48.5. The molecule has 0 saturated heterocycles. The van der Waals surface area contributed by atoms with Gasteiger partial charge in [-0.25, -0.2) is 9.59 Å². The first-order valence-corrected chi connectivity index (χ1v) is 25.2. The molecule has 3 radical (unpaired) electrons. The molecule has 21 heteroatoms. The van der Waals surface area contributed by atoms with E-state index in [9.17, 15) is 37.7 Å². The monoisotopic (exact) mass is 1100 g/mol. The molecule has 0 aromatic heterocycles. The molecule has 8 rings (SSSR count). The minimum Gasteiger partial charge on any atom is -1.00 e. The summed E-state index contributed by atoms with van der Waals surface area (Å²) in [5, 5.41) is 16.2. The Labute approximate surface area is 463 Å². The van der Waals surface area contributed by atoms with Gasteiger partial charge in [0.05, 0.1) is 21.8 Å². The molecular weight excluding hydrogens is 1050 g/mol. The third kappa shape index (κ3) is 22.5. The number of benzene rings is 6. The van der Waals surface area contributed by atoms with E-state index < -0.39 is 58.7 Å². The standard InChI is InChI=1S/2C18H15S.2C7H10F2O5S.CH4.B.ClH.Na/c2*1-4-10-16(11-5-1)19(17-12-6-2-7-13-17)18-14-8-3-9-15-18;2*8-7(9,15-14-13-11)6(10)12-5-3-1-2-4-5;;;;/h2*1-15H;2*5,11H,1-4H2;1H4;;1H;/q2*+1;;;;;;+1/p-3. The van der Waals surface area contributed by atoms with Crippen molar-refractivity contribution in [2.45, 2.75) is 111 Å². The third-order valence-electron chi connectivity index (χ3n) is 9.83.